The van der Waals surface area contributed by atoms with Gasteiger partial charge in [-0.25, -0.2) is 4.39 Å². The molecule has 0 aliphatic carbocycles. The molecule has 0 saturated carbocycles. The first-order chi connectivity index (χ1) is 14.4. The van der Waals surface area contributed by atoms with E-state index in [1.807, 2.05) is 44.2 Å². The number of carbonyl (C=O) groups is 2. The molecule has 0 radical (unpaired) electrons. The highest BCUT2D eigenvalue weighted by molar-refractivity contribution is 5.87. The maximum absolute atomic E-state index is 14.2. The van der Waals surface area contributed by atoms with Crippen molar-refractivity contribution in [2.75, 3.05) is 13.2 Å². The molecule has 0 heterocycles. The van der Waals surface area contributed by atoms with E-state index in [2.05, 4.69) is 5.32 Å². The second-order valence-corrected chi connectivity index (χ2v) is 7.69. The van der Waals surface area contributed by atoms with Gasteiger partial charge in [-0.2, -0.15) is 0 Å². The summed E-state index contributed by atoms with van der Waals surface area (Å²) in [5.41, 5.74) is 0.384. The predicted octanol–water partition coefficient (Wildman–Crippen LogP) is 4.17. The van der Waals surface area contributed by atoms with Gasteiger partial charge in [0.05, 0.1) is 6.61 Å². The summed E-state index contributed by atoms with van der Waals surface area (Å²) in [6, 6.07) is 15.0. The number of ether oxygens (including phenoxy) is 1. The number of nitrogens with one attached hydrogen (secondary N) is 1. The van der Waals surface area contributed by atoms with Gasteiger partial charge in [0.2, 0.25) is 11.8 Å². The summed E-state index contributed by atoms with van der Waals surface area (Å²) in [5, 5.41) is 2.86. The second-order valence-electron chi connectivity index (χ2n) is 7.69. The first-order valence-electron chi connectivity index (χ1n) is 10.4. The number of rotatable bonds is 11. The van der Waals surface area contributed by atoms with E-state index in [9.17, 15) is 14.0 Å². The van der Waals surface area contributed by atoms with Crippen LogP contribution in [0, 0.1) is 11.7 Å². The topological polar surface area (TPSA) is 58.6 Å². The summed E-state index contributed by atoms with van der Waals surface area (Å²) in [5.74, 6) is 0.204. The van der Waals surface area contributed by atoms with Crippen LogP contribution < -0.4 is 10.1 Å². The van der Waals surface area contributed by atoms with Crippen molar-refractivity contribution in [3.63, 3.8) is 0 Å². The molecule has 0 aromatic heterocycles. The van der Waals surface area contributed by atoms with Crippen molar-refractivity contribution in [1.82, 2.24) is 10.2 Å². The van der Waals surface area contributed by atoms with Gasteiger partial charge < -0.3 is 15.0 Å². The standard InChI is InChI=1S/C24H31FN2O3/c1-18(2)16-26-24(29)19(3)27(17-20-10-7-8-13-22(20)25)23(28)14-9-15-30-21-11-5-4-6-12-21/h4-8,10-13,18-19H,9,14-17H2,1-3H3,(H,26,29)/t19-/m1/s1. The van der Waals surface area contributed by atoms with E-state index in [1.165, 1.54) is 11.0 Å². The number of amides is 2. The highest BCUT2D eigenvalue weighted by Gasteiger charge is 2.26. The minimum Gasteiger partial charge on any atom is -0.494 e. The Hall–Kier alpha value is -2.89. The third-order valence-corrected chi connectivity index (χ3v) is 4.70. The van der Waals surface area contributed by atoms with E-state index in [0.29, 0.717) is 31.1 Å². The molecule has 0 unspecified atom stereocenters. The fourth-order valence-corrected chi connectivity index (χ4v) is 2.92. The van der Waals surface area contributed by atoms with Crippen molar-refractivity contribution in [3.8, 4) is 5.75 Å². The van der Waals surface area contributed by atoms with E-state index in [4.69, 9.17) is 4.74 Å². The molecule has 5 nitrogen and oxygen atoms in total. The lowest BCUT2D eigenvalue weighted by molar-refractivity contribution is -0.140. The molecule has 0 bridgehead atoms. The highest BCUT2D eigenvalue weighted by Crippen LogP contribution is 2.15. The number of nitrogens with zero attached hydrogens (tertiary/aromatic N) is 1. The minimum absolute atomic E-state index is 0.0430. The highest BCUT2D eigenvalue weighted by atomic mass is 19.1. The molecule has 1 N–H and O–H groups in total. The zero-order valence-corrected chi connectivity index (χ0v) is 17.9. The van der Waals surface area contributed by atoms with Crippen molar-refractivity contribution < 1.29 is 18.7 Å². The summed E-state index contributed by atoms with van der Waals surface area (Å²) in [4.78, 5) is 26.9. The van der Waals surface area contributed by atoms with Crippen LogP contribution in [0.25, 0.3) is 0 Å². The van der Waals surface area contributed by atoms with Gasteiger partial charge in [-0.05, 0) is 37.5 Å². The Labute approximate surface area is 178 Å². The Kier molecular flexibility index (Phi) is 9.32. The van der Waals surface area contributed by atoms with Crippen molar-refractivity contribution in [3.05, 3.63) is 66.0 Å². The first kappa shape index (κ1) is 23.4. The Morgan fingerprint density at radius 1 is 1.03 bits per heavy atom. The average molecular weight is 415 g/mol. The monoisotopic (exact) mass is 414 g/mol. The zero-order valence-electron chi connectivity index (χ0n) is 17.9. The largest absolute Gasteiger partial charge is 0.494 e. The van der Waals surface area contributed by atoms with Gasteiger partial charge in [0.15, 0.2) is 0 Å². The third kappa shape index (κ3) is 7.50. The number of para-hydroxylation sites is 1. The van der Waals surface area contributed by atoms with E-state index in [1.54, 1.807) is 25.1 Å². The molecule has 0 aliphatic rings. The summed E-state index contributed by atoms with van der Waals surface area (Å²) in [7, 11) is 0. The number of hydrogen-bond donors (Lipinski definition) is 1. The van der Waals surface area contributed by atoms with Crippen LogP contribution in [-0.4, -0.2) is 35.9 Å². The van der Waals surface area contributed by atoms with Crippen LogP contribution in [0.2, 0.25) is 0 Å². The Bertz CT molecular complexity index is 811. The molecule has 2 amide bonds. The van der Waals surface area contributed by atoms with Gasteiger partial charge in [0.1, 0.15) is 17.6 Å². The minimum atomic E-state index is -0.703. The van der Waals surface area contributed by atoms with Crippen LogP contribution in [0.15, 0.2) is 54.6 Å². The normalized spacial score (nSPS) is 11.8. The van der Waals surface area contributed by atoms with E-state index >= 15 is 0 Å². The Morgan fingerprint density at radius 2 is 1.70 bits per heavy atom. The van der Waals surface area contributed by atoms with Gasteiger partial charge in [-0.1, -0.05) is 50.2 Å². The lowest BCUT2D eigenvalue weighted by atomic mass is 10.1. The van der Waals surface area contributed by atoms with Crippen LogP contribution in [0.5, 0.6) is 5.75 Å². The van der Waals surface area contributed by atoms with Crippen LogP contribution in [-0.2, 0) is 16.1 Å². The number of halogens is 1. The van der Waals surface area contributed by atoms with E-state index < -0.39 is 11.9 Å². The fourth-order valence-electron chi connectivity index (χ4n) is 2.92. The summed E-state index contributed by atoms with van der Waals surface area (Å²) in [6.45, 7) is 6.63. The molecule has 1 atom stereocenters. The average Bonchev–Trinajstić information content (AvgIpc) is 2.74. The number of benzene rings is 2. The molecule has 0 fully saturated rings. The van der Waals surface area contributed by atoms with Crippen LogP contribution >= 0.6 is 0 Å². The van der Waals surface area contributed by atoms with Crippen molar-refractivity contribution in [1.29, 1.82) is 0 Å². The number of hydrogen-bond acceptors (Lipinski definition) is 3. The van der Waals surface area contributed by atoms with Crippen molar-refractivity contribution in [2.45, 2.75) is 46.2 Å². The van der Waals surface area contributed by atoms with Gasteiger partial charge in [-0.15, -0.1) is 0 Å². The molecular weight excluding hydrogens is 383 g/mol. The van der Waals surface area contributed by atoms with Gasteiger partial charge >= 0.3 is 0 Å². The predicted molar refractivity (Wildman–Crippen MR) is 115 cm³/mol. The summed E-state index contributed by atoms with van der Waals surface area (Å²) in [6.07, 6.45) is 0.713. The lowest BCUT2D eigenvalue weighted by Gasteiger charge is -2.29. The second kappa shape index (κ2) is 12.0. The van der Waals surface area contributed by atoms with Crippen molar-refractivity contribution in [2.24, 2.45) is 5.92 Å². The summed E-state index contributed by atoms with van der Waals surface area (Å²) < 4.78 is 19.8. The molecule has 2 aromatic carbocycles. The van der Waals surface area contributed by atoms with Crippen LogP contribution in [0.1, 0.15) is 39.2 Å². The van der Waals surface area contributed by atoms with E-state index in [0.717, 1.165) is 5.75 Å². The molecule has 2 rings (SSSR count). The van der Waals surface area contributed by atoms with Crippen LogP contribution in [0.4, 0.5) is 4.39 Å². The molecular formula is C24H31FN2O3. The van der Waals surface area contributed by atoms with Gasteiger partial charge in [0.25, 0.3) is 0 Å². The van der Waals surface area contributed by atoms with Gasteiger partial charge in [-0.3, -0.25) is 9.59 Å². The molecule has 6 heteroatoms. The smallest absolute Gasteiger partial charge is 0.242 e. The fraction of sp³-hybridized carbons (Fsp3) is 0.417. The molecule has 0 saturated heterocycles. The van der Waals surface area contributed by atoms with E-state index in [-0.39, 0.29) is 24.8 Å². The SMILES string of the molecule is CC(C)CNC(=O)[C@@H](C)N(Cc1ccccc1F)C(=O)CCCOc1ccccc1. The quantitative estimate of drug-likeness (QED) is 0.562. The molecule has 162 valence electrons. The zero-order chi connectivity index (χ0) is 21.9. The Morgan fingerprint density at radius 3 is 2.37 bits per heavy atom. The molecule has 0 spiro atoms. The first-order valence-corrected chi connectivity index (χ1v) is 10.4. The van der Waals surface area contributed by atoms with Gasteiger partial charge in [0, 0.05) is 25.1 Å². The Balaban J connectivity index is 2.00. The number of carbonyl (C=O) groups excluding carboxylic acids is 2. The van der Waals surface area contributed by atoms with Crippen LogP contribution in [0.3, 0.4) is 0 Å². The molecule has 30 heavy (non-hydrogen) atoms. The third-order valence-electron chi connectivity index (χ3n) is 4.70. The van der Waals surface area contributed by atoms with Crippen molar-refractivity contribution >= 4 is 11.8 Å². The maximum Gasteiger partial charge on any atom is 0.242 e. The lowest BCUT2D eigenvalue weighted by Crippen LogP contribution is -2.48. The maximum atomic E-state index is 14.2. The molecule has 2 aromatic rings. The molecule has 0 aliphatic heterocycles. The summed E-state index contributed by atoms with van der Waals surface area (Å²) >= 11 is 0.